The molecule has 1 aliphatic carbocycles. The molecule has 21 heavy (non-hydrogen) atoms. The third-order valence-electron chi connectivity index (χ3n) is 3.82. The number of hydrogen-bond donors (Lipinski definition) is 1. The first-order valence-electron chi connectivity index (χ1n) is 7.45. The molecule has 0 unspecified atom stereocenters. The van der Waals surface area contributed by atoms with E-state index in [-0.39, 0.29) is 0 Å². The first-order chi connectivity index (χ1) is 10.1. The van der Waals surface area contributed by atoms with Crippen molar-refractivity contribution in [1.29, 1.82) is 0 Å². The van der Waals surface area contributed by atoms with Crippen LogP contribution in [0, 0.1) is 13.8 Å². The van der Waals surface area contributed by atoms with Gasteiger partial charge in [-0.2, -0.15) is 0 Å². The lowest BCUT2D eigenvalue weighted by Gasteiger charge is -2.10. The Morgan fingerprint density at radius 1 is 1.29 bits per heavy atom. The molecule has 0 bridgehead atoms. The van der Waals surface area contributed by atoms with Crippen LogP contribution in [0.15, 0.2) is 15.9 Å². The first-order valence-corrected chi connectivity index (χ1v) is 9.12. The monoisotopic (exact) mass is 365 g/mol. The van der Waals surface area contributed by atoms with Gasteiger partial charge in [0.1, 0.15) is 0 Å². The summed E-state index contributed by atoms with van der Waals surface area (Å²) in [6, 6.07) is 2.88. The molecule has 3 nitrogen and oxygen atoms in total. The molecule has 0 saturated heterocycles. The van der Waals surface area contributed by atoms with Crippen molar-refractivity contribution in [2.24, 2.45) is 0 Å². The average molecular weight is 366 g/mol. The van der Waals surface area contributed by atoms with Crippen LogP contribution in [0.4, 0.5) is 0 Å². The van der Waals surface area contributed by atoms with Crippen LogP contribution in [-0.4, -0.2) is 22.6 Å². The molecule has 1 N–H and O–H groups in total. The fourth-order valence-corrected chi connectivity index (χ4v) is 3.86. The smallest absolute Gasteiger partial charge is 0.169 e. The summed E-state index contributed by atoms with van der Waals surface area (Å²) >= 11 is 5.16. The molecule has 0 amide bonds. The van der Waals surface area contributed by atoms with Crippen LogP contribution in [0.25, 0.3) is 10.7 Å². The highest BCUT2D eigenvalue weighted by atomic mass is 79.9. The Balaban J connectivity index is 1.69. The van der Waals surface area contributed by atoms with E-state index in [1.165, 1.54) is 18.4 Å². The highest BCUT2D eigenvalue weighted by Gasteiger charge is 2.19. The summed E-state index contributed by atoms with van der Waals surface area (Å²) in [5, 5.41) is 5.63. The molecular weight excluding hydrogens is 346 g/mol. The van der Waals surface area contributed by atoms with Crippen LogP contribution in [0.1, 0.15) is 36.2 Å². The zero-order valence-corrected chi connectivity index (χ0v) is 14.9. The minimum absolute atomic E-state index is 0.795. The van der Waals surface area contributed by atoms with Crippen LogP contribution >= 0.6 is 27.3 Å². The van der Waals surface area contributed by atoms with E-state index in [2.05, 4.69) is 46.5 Å². The van der Waals surface area contributed by atoms with Gasteiger partial charge in [-0.3, -0.25) is 0 Å². The molecule has 0 radical (unpaired) electrons. The molecule has 0 atom stereocenters. The summed E-state index contributed by atoms with van der Waals surface area (Å²) in [7, 11) is 0. The van der Waals surface area contributed by atoms with Crippen LogP contribution in [0.2, 0.25) is 0 Å². The summed E-state index contributed by atoms with van der Waals surface area (Å²) < 4.78 is 1.09. The van der Waals surface area contributed by atoms with Gasteiger partial charge in [-0.05, 0) is 73.6 Å². The van der Waals surface area contributed by atoms with Gasteiger partial charge in [0.2, 0.25) is 0 Å². The summed E-state index contributed by atoms with van der Waals surface area (Å²) in [4.78, 5) is 10.5. The standard InChI is InChI=1S/C16H20BrN3S/c1-10-14(4-3-7-18-13-5-6-13)11(2)20-16(19-10)15-8-12(17)9-21-15/h8-9,13,18H,3-7H2,1-2H3. The Kier molecular flexibility index (Phi) is 4.72. The van der Waals surface area contributed by atoms with Gasteiger partial charge in [0.15, 0.2) is 5.82 Å². The van der Waals surface area contributed by atoms with Gasteiger partial charge < -0.3 is 5.32 Å². The zero-order chi connectivity index (χ0) is 14.8. The summed E-state index contributed by atoms with van der Waals surface area (Å²) in [5.41, 5.74) is 3.55. The Morgan fingerprint density at radius 3 is 2.57 bits per heavy atom. The molecule has 1 fully saturated rings. The molecular formula is C16H20BrN3S. The summed E-state index contributed by atoms with van der Waals surface area (Å²) in [5.74, 6) is 0.848. The molecule has 112 valence electrons. The van der Waals surface area contributed by atoms with Gasteiger partial charge in [-0.25, -0.2) is 9.97 Å². The number of aromatic nitrogens is 2. The normalized spacial score (nSPS) is 14.6. The lowest BCUT2D eigenvalue weighted by atomic mass is 10.1. The fraction of sp³-hybridized carbons (Fsp3) is 0.500. The van der Waals surface area contributed by atoms with E-state index in [1.807, 2.05) is 0 Å². The van der Waals surface area contributed by atoms with E-state index in [4.69, 9.17) is 9.97 Å². The third-order valence-corrected chi connectivity index (χ3v) is 5.51. The van der Waals surface area contributed by atoms with Gasteiger partial charge in [-0.1, -0.05) is 0 Å². The molecule has 2 aromatic rings. The number of aryl methyl sites for hydroxylation is 2. The predicted octanol–water partition coefficient (Wildman–Crippen LogP) is 4.27. The van der Waals surface area contributed by atoms with Gasteiger partial charge in [0.25, 0.3) is 0 Å². The summed E-state index contributed by atoms with van der Waals surface area (Å²) in [6.07, 6.45) is 4.93. The third kappa shape index (κ3) is 3.90. The minimum Gasteiger partial charge on any atom is -0.314 e. The first kappa shape index (κ1) is 15.1. The average Bonchev–Trinajstić information content (AvgIpc) is 3.16. The van der Waals surface area contributed by atoms with Crippen LogP contribution < -0.4 is 5.32 Å². The Morgan fingerprint density at radius 2 is 2.00 bits per heavy atom. The highest BCUT2D eigenvalue weighted by Crippen LogP contribution is 2.28. The fourth-order valence-electron chi connectivity index (χ4n) is 2.50. The lowest BCUT2D eigenvalue weighted by molar-refractivity contribution is 0.642. The number of thiophene rings is 1. The van der Waals surface area contributed by atoms with Crippen LogP contribution in [0.5, 0.6) is 0 Å². The second-order valence-corrected chi connectivity index (χ2v) is 7.48. The molecule has 5 heteroatoms. The van der Waals surface area contributed by atoms with E-state index in [1.54, 1.807) is 11.3 Å². The Labute approximate surface area is 138 Å². The SMILES string of the molecule is Cc1nc(-c2cc(Br)cs2)nc(C)c1CCCNC1CC1. The number of nitrogens with one attached hydrogen (secondary N) is 1. The second-order valence-electron chi connectivity index (χ2n) is 5.66. The van der Waals surface area contributed by atoms with Crippen LogP contribution in [-0.2, 0) is 6.42 Å². The van der Waals surface area contributed by atoms with Crippen molar-refractivity contribution in [2.45, 2.75) is 45.6 Å². The van der Waals surface area contributed by atoms with Gasteiger partial charge in [0, 0.05) is 27.3 Å². The maximum absolute atomic E-state index is 4.70. The maximum Gasteiger partial charge on any atom is 0.169 e. The van der Waals surface area contributed by atoms with E-state index in [9.17, 15) is 0 Å². The largest absolute Gasteiger partial charge is 0.314 e. The molecule has 0 spiro atoms. The number of halogens is 1. The quantitative estimate of drug-likeness (QED) is 0.776. The second kappa shape index (κ2) is 6.55. The van der Waals surface area contributed by atoms with Crippen molar-refractivity contribution in [1.82, 2.24) is 15.3 Å². The number of hydrogen-bond acceptors (Lipinski definition) is 4. The molecule has 0 aromatic carbocycles. The predicted molar refractivity (Wildman–Crippen MR) is 91.9 cm³/mol. The van der Waals surface area contributed by atoms with Crippen molar-refractivity contribution < 1.29 is 0 Å². The van der Waals surface area contributed by atoms with E-state index in [0.29, 0.717) is 0 Å². The van der Waals surface area contributed by atoms with Crippen molar-refractivity contribution in [3.8, 4) is 10.7 Å². The van der Waals surface area contributed by atoms with Crippen molar-refractivity contribution in [3.63, 3.8) is 0 Å². The van der Waals surface area contributed by atoms with Crippen molar-refractivity contribution in [2.75, 3.05) is 6.54 Å². The van der Waals surface area contributed by atoms with Crippen molar-refractivity contribution >= 4 is 27.3 Å². The van der Waals surface area contributed by atoms with Gasteiger partial charge in [-0.15, -0.1) is 11.3 Å². The van der Waals surface area contributed by atoms with Crippen molar-refractivity contribution in [3.05, 3.63) is 32.9 Å². The lowest BCUT2D eigenvalue weighted by Crippen LogP contribution is -2.18. The van der Waals surface area contributed by atoms with Crippen LogP contribution in [0.3, 0.4) is 0 Å². The van der Waals surface area contributed by atoms with Gasteiger partial charge in [0.05, 0.1) is 4.88 Å². The summed E-state index contributed by atoms with van der Waals surface area (Å²) in [6.45, 7) is 5.30. The Hall–Kier alpha value is -0.780. The molecule has 2 heterocycles. The van der Waals surface area contributed by atoms with E-state index in [0.717, 1.165) is 52.0 Å². The molecule has 1 aliphatic rings. The molecule has 1 saturated carbocycles. The van der Waals surface area contributed by atoms with E-state index >= 15 is 0 Å². The minimum atomic E-state index is 0.795. The Bertz CT molecular complexity index is 611. The molecule has 0 aliphatic heterocycles. The molecule has 3 rings (SSSR count). The van der Waals surface area contributed by atoms with Gasteiger partial charge >= 0.3 is 0 Å². The topological polar surface area (TPSA) is 37.8 Å². The number of nitrogens with zero attached hydrogens (tertiary/aromatic N) is 2. The maximum atomic E-state index is 4.70. The molecule has 2 aromatic heterocycles. The van der Waals surface area contributed by atoms with E-state index < -0.39 is 0 Å². The zero-order valence-electron chi connectivity index (χ0n) is 12.4. The number of rotatable bonds is 6. The highest BCUT2D eigenvalue weighted by molar-refractivity contribution is 9.10.